The predicted molar refractivity (Wildman–Crippen MR) is 117 cm³/mol. The van der Waals surface area contributed by atoms with Gasteiger partial charge in [0.15, 0.2) is 5.65 Å². The number of carbonyl (C=O) groups excluding carboxylic acids is 1. The number of nitrogens with one attached hydrogen (secondary N) is 1. The summed E-state index contributed by atoms with van der Waals surface area (Å²) in [6.45, 7) is 3.08. The van der Waals surface area contributed by atoms with Gasteiger partial charge in [-0.15, -0.1) is 0 Å². The van der Waals surface area contributed by atoms with Gasteiger partial charge in [-0.25, -0.2) is 9.78 Å². The Morgan fingerprint density at radius 1 is 0.967 bits per heavy atom. The van der Waals surface area contributed by atoms with Crippen molar-refractivity contribution in [3.8, 4) is 0 Å². The van der Waals surface area contributed by atoms with Gasteiger partial charge < -0.3 is 5.32 Å². The van der Waals surface area contributed by atoms with E-state index in [9.17, 15) is 9.59 Å². The molecule has 1 atom stereocenters. The molecule has 0 aliphatic rings. The molecule has 0 radical (unpaired) electrons. The van der Waals surface area contributed by atoms with Gasteiger partial charge in [0.25, 0.3) is 0 Å². The van der Waals surface area contributed by atoms with Crippen LogP contribution in [0.25, 0.3) is 11.2 Å². The van der Waals surface area contributed by atoms with E-state index in [-0.39, 0.29) is 17.5 Å². The lowest BCUT2D eigenvalue weighted by atomic mass is 10.0. The predicted octanol–water partition coefficient (Wildman–Crippen LogP) is 3.17. The topological polar surface area (TPSA) is 68.9 Å². The summed E-state index contributed by atoms with van der Waals surface area (Å²) in [5.74, 6) is -0.310. The minimum absolute atomic E-state index is 0.0600. The summed E-state index contributed by atoms with van der Waals surface area (Å²) in [6, 6.07) is 23.3. The molecule has 0 aliphatic heterocycles. The van der Waals surface area contributed by atoms with Crippen LogP contribution < -0.4 is 11.0 Å². The Morgan fingerprint density at radius 3 is 2.40 bits per heavy atom. The SMILES string of the molecule is C[C@H](C(=O)NCCn1c(=O)n(Cc2ccccc2)c2cccnc21)c1ccccc1. The number of hydrogen-bond acceptors (Lipinski definition) is 3. The van der Waals surface area contributed by atoms with Crippen LogP contribution in [0, 0.1) is 0 Å². The van der Waals surface area contributed by atoms with Gasteiger partial charge in [-0.05, 0) is 30.2 Å². The van der Waals surface area contributed by atoms with Crippen LogP contribution in [-0.4, -0.2) is 26.6 Å². The molecule has 4 aromatic rings. The highest BCUT2D eigenvalue weighted by atomic mass is 16.2. The Hall–Kier alpha value is -3.67. The summed E-state index contributed by atoms with van der Waals surface area (Å²) in [5, 5.41) is 2.94. The lowest BCUT2D eigenvalue weighted by Crippen LogP contribution is -2.34. The Bertz CT molecular complexity index is 1200. The fraction of sp³-hybridized carbons (Fsp3) is 0.208. The van der Waals surface area contributed by atoms with E-state index in [0.717, 1.165) is 16.6 Å². The van der Waals surface area contributed by atoms with Crippen LogP contribution in [0.3, 0.4) is 0 Å². The third kappa shape index (κ3) is 4.03. The molecule has 2 aromatic carbocycles. The van der Waals surface area contributed by atoms with Crippen molar-refractivity contribution >= 4 is 17.1 Å². The van der Waals surface area contributed by atoms with Gasteiger partial charge in [0.2, 0.25) is 5.91 Å². The number of fused-ring (bicyclic) bond motifs is 1. The molecular formula is C24H24N4O2. The molecule has 1 amide bonds. The van der Waals surface area contributed by atoms with Gasteiger partial charge in [0, 0.05) is 19.3 Å². The highest BCUT2D eigenvalue weighted by Gasteiger charge is 2.16. The third-order valence-corrected chi connectivity index (χ3v) is 5.29. The summed E-state index contributed by atoms with van der Waals surface area (Å²) in [6.07, 6.45) is 1.68. The molecule has 0 saturated heterocycles. The Kier molecular flexibility index (Phi) is 5.75. The van der Waals surface area contributed by atoms with Crippen LogP contribution in [0.4, 0.5) is 0 Å². The average molecular weight is 400 g/mol. The van der Waals surface area contributed by atoms with Crippen molar-refractivity contribution in [2.45, 2.75) is 25.9 Å². The molecule has 0 aliphatic carbocycles. The first kappa shape index (κ1) is 19.6. The van der Waals surface area contributed by atoms with Gasteiger partial charge in [0.05, 0.1) is 18.0 Å². The smallest absolute Gasteiger partial charge is 0.330 e. The Labute approximate surface area is 174 Å². The number of pyridine rings is 1. The summed E-state index contributed by atoms with van der Waals surface area (Å²) in [4.78, 5) is 30.0. The average Bonchev–Trinajstić information content (AvgIpc) is 3.06. The lowest BCUT2D eigenvalue weighted by Gasteiger charge is -2.12. The molecule has 0 bridgehead atoms. The van der Waals surface area contributed by atoms with E-state index >= 15 is 0 Å². The zero-order valence-electron chi connectivity index (χ0n) is 16.9. The molecule has 0 fully saturated rings. The van der Waals surface area contributed by atoms with Crippen molar-refractivity contribution < 1.29 is 4.79 Å². The number of amides is 1. The van der Waals surface area contributed by atoms with Crippen LogP contribution in [-0.2, 0) is 17.9 Å². The fourth-order valence-corrected chi connectivity index (χ4v) is 3.60. The number of rotatable bonds is 7. The molecule has 0 saturated carbocycles. The van der Waals surface area contributed by atoms with Gasteiger partial charge in [-0.1, -0.05) is 60.7 Å². The third-order valence-electron chi connectivity index (χ3n) is 5.29. The maximum atomic E-state index is 13.1. The van der Waals surface area contributed by atoms with Crippen LogP contribution >= 0.6 is 0 Å². The van der Waals surface area contributed by atoms with E-state index in [2.05, 4.69) is 10.3 Å². The van der Waals surface area contributed by atoms with Gasteiger partial charge in [0.1, 0.15) is 0 Å². The first-order valence-electron chi connectivity index (χ1n) is 10.1. The van der Waals surface area contributed by atoms with Crippen LogP contribution in [0.15, 0.2) is 83.8 Å². The van der Waals surface area contributed by atoms with E-state index in [4.69, 9.17) is 0 Å². The summed E-state index contributed by atoms with van der Waals surface area (Å²) < 4.78 is 3.36. The van der Waals surface area contributed by atoms with Crippen molar-refractivity contribution in [1.82, 2.24) is 19.4 Å². The minimum Gasteiger partial charge on any atom is -0.354 e. The van der Waals surface area contributed by atoms with Crippen molar-refractivity contribution in [1.29, 1.82) is 0 Å². The Morgan fingerprint density at radius 2 is 1.67 bits per heavy atom. The van der Waals surface area contributed by atoms with Gasteiger partial charge in [-0.3, -0.25) is 13.9 Å². The molecule has 30 heavy (non-hydrogen) atoms. The zero-order chi connectivity index (χ0) is 20.9. The van der Waals surface area contributed by atoms with E-state index < -0.39 is 0 Å². The fourth-order valence-electron chi connectivity index (χ4n) is 3.60. The largest absolute Gasteiger partial charge is 0.354 e. The van der Waals surface area contributed by atoms with Crippen LogP contribution in [0.1, 0.15) is 24.0 Å². The van der Waals surface area contributed by atoms with E-state index in [1.807, 2.05) is 79.7 Å². The summed E-state index contributed by atoms with van der Waals surface area (Å²) in [5.41, 5.74) is 3.30. The highest BCUT2D eigenvalue weighted by molar-refractivity contribution is 5.83. The summed E-state index contributed by atoms with van der Waals surface area (Å²) >= 11 is 0. The standard InChI is InChI=1S/C24H24N4O2/c1-18(20-11-6-3-7-12-20)23(29)26-15-16-27-22-21(13-8-14-25-22)28(24(27)30)17-19-9-4-2-5-10-19/h2-14,18H,15-17H2,1H3,(H,26,29)/t18-/m0/s1. The maximum absolute atomic E-state index is 13.1. The number of carbonyl (C=O) groups is 1. The van der Waals surface area contributed by atoms with E-state index in [0.29, 0.717) is 25.3 Å². The second-order valence-corrected chi connectivity index (χ2v) is 7.28. The van der Waals surface area contributed by atoms with Crippen molar-refractivity contribution in [2.24, 2.45) is 0 Å². The van der Waals surface area contributed by atoms with Gasteiger partial charge in [-0.2, -0.15) is 0 Å². The van der Waals surface area contributed by atoms with Crippen molar-refractivity contribution in [3.05, 3.63) is 101 Å². The Balaban J connectivity index is 1.51. The molecule has 2 aromatic heterocycles. The quantitative estimate of drug-likeness (QED) is 0.518. The number of imidazole rings is 1. The molecule has 0 spiro atoms. The number of aromatic nitrogens is 3. The van der Waals surface area contributed by atoms with Crippen LogP contribution in [0.2, 0.25) is 0 Å². The monoisotopic (exact) mass is 400 g/mol. The highest BCUT2D eigenvalue weighted by Crippen LogP contribution is 2.15. The first-order valence-corrected chi connectivity index (χ1v) is 10.1. The van der Waals surface area contributed by atoms with Crippen molar-refractivity contribution in [2.75, 3.05) is 6.54 Å². The first-order chi connectivity index (χ1) is 14.6. The van der Waals surface area contributed by atoms with Gasteiger partial charge >= 0.3 is 5.69 Å². The molecule has 6 nitrogen and oxygen atoms in total. The molecule has 4 rings (SSSR count). The number of hydrogen-bond donors (Lipinski definition) is 1. The molecule has 2 heterocycles. The normalized spacial score (nSPS) is 12.0. The molecule has 1 N–H and O–H groups in total. The summed E-state index contributed by atoms with van der Waals surface area (Å²) in [7, 11) is 0. The molecule has 0 unspecified atom stereocenters. The number of nitrogens with zero attached hydrogens (tertiary/aromatic N) is 3. The van der Waals surface area contributed by atoms with Crippen LogP contribution in [0.5, 0.6) is 0 Å². The van der Waals surface area contributed by atoms with E-state index in [1.54, 1.807) is 15.3 Å². The molecule has 152 valence electrons. The molecular weight excluding hydrogens is 376 g/mol. The molecule has 6 heteroatoms. The second-order valence-electron chi connectivity index (χ2n) is 7.28. The lowest BCUT2D eigenvalue weighted by molar-refractivity contribution is -0.122. The number of benzene rings is 2. The second kappa shape index (κ2) is 8.78. The zero-order valence-corrected chi connectivity index (χ0v) is 16.9. The minimum atomic E-state index is -0.250. The maximum Gasteiger partial charge on any atom is 0.330 e. The van der Waals surface area contributed by atoms with E-state index in [1.165, 1.54) is 0 Å². The van der Waals surface area contributed by atoms with Crippen molar-refractivity contribution in [3.63, 3.8) is 0 Å².